The Hall–Kier alpha value is -1.30. The summed E-state index contributed by atoms with van der Waals surface area (Å²) in [6, 6.07) is -1.17. The zero-order valence-corrected chi connectivity index (χ0v) is 11.0. The highest BCUT2D eigenvalue weighted by Gasteiger charge is 2.25. The van der Waals surface area contributed by atoms with Gasteiger partial charge in [-0.25, -0.2) is 9.59 Å². The third kappa shape index (κ3) is 4.52. The number of nitrogens with one attached hydrogen (secondary N) is 1. The lowest BCUT2D eigenvalue weighted by Gasteiger charge is -2.31. The van der Waals surface area contributed by atoms with E-state index < -0.39 is 12.0 Å². The molecular formula is C12H22N2O4. The number of hydrogen-bond acceptors (Lipinski definition) is 3. The zero-order valence-electron chi connectivity index (χ0n) is 11.0. The van der Waals surface area contributed by atoms with Crippen LogP contribution in [0.2, 0.25) is 0 Å². The molecule has 0 spiro atoms. The number of ether oxygens (including phenoxy) is 1. The molecular weight excluding hydrogens is 236 g/mol. The summed E-state index contributed by atoms with van der Waals surface area (Å²) in [6.45, 7) is 3.81. The second kappa shape index (κ2) is 7.20. The van der Waals surface area contributed by atoms with E-state index in [1.54, 1.807) is 4.90 Å². The van der Waals surface area contributed by atoms with Crippen LogP contribution >= 0.6 is 0 Å². The molecule has 0 saturated carbocycles. The van der Waals surface area contributed by atoms with Crippen molar-refractivity contribution in [3.8, 4) is 0 Å². The fraction of sp³-hybridized carbons (Fsp3) is 0.833. The van der Waals surface area contributed by atoms with Crippen LogP contribution in [0.1, 0.15) is 26.2 Å². The summed E-state index contributed by atoms with van der Waals surface area (Å²) < 4.78 is 4.84. The van der Waals surface area contributed by atoms with Gasteiger partial charge in [0.15, 0.2) is 0 Å². The number of carbonyl (C=O) groups excluding carboxylic acids is 1. The first kappa shape index (κ1) is 14.8. The van der Waals surface area contributed by atoms with Crippen LogP contribution in [0.25, 0.3) is 0 Å². The van der Waals surface area contributed by atoms with Gasteiger partial charge in [-0.15, -0.1) is 0 Å². The molecule has 2 atom stereocenters. The van der Waals surface area contributed by atoms with Gasteiger partial charge in [0, 0.05) is 33.2 Å². The van der Waals surface area contributed by atoms with Crippen LogP contribution in [0.15, 0.2) is 0 Å². The highest BCUT2D eigenvalue weighted by molar-refractivity contribution is 5.82. The number of urea groups is 1. The van der Waals surface area contributed by atoms with E-state index in [1.807, 2.05) is 0 Å². The van der Waals surface area contributed by atoms with Crippen LogP contribution in [-0.2, 0) is 9.53 Å². The van der Waals surface area contributed by atoms with Crippen LogP contribution in [0, 0.1) is 5.92 Å². The van der Waals surface area contributed by atoms with E-state index in [4.69, 9.17) is 9.84 Å². The van der Waals surface area contributed by atoms with Crippen LogP contribution < -0.4 is 5.32 Å². The molecule has 2 amide bonds. The van der Waals surface area contributed by atoms with Gasteiger partial charge in [-0.3, -0.25) is 0 Å². The number of aliphatic carboxylic acids is 1. The Morgan fingerprint density at radius 3 is 2.83 bits per heavy atom. The molecule has 0 aromatic heterocycles. The molecule has 1 aliphatic rings. The maximum atomic E-state index is 11.9. The van der Waals surface area contributed by atoms with Crippen molar-refractivity contribution in [1.29, 1.82) is 0 Å². The van der Waals surface area contributed by atoms with Crippen molar-refractivity contribution in [1.82, 2.24) is 10.2 Å². The van der Waals surface area contributed by atoms with Gasteiger partial charge in [-0.2, -0.15) is 0 Å². The number of piperidine rings is 1. The Morgan fingerprint density at radius 2 is 2.28 bits per heavy atom. The van der Waals surface area contributed by atoms with Crippen molar-refractivity contribution in [2.24, 2.45) is 5.92 Å². The van der Waals surface area contributed by atoms with E-state index >= 15 is 0 Å². The van der Waals surface area contributed by atoms with Crippen LogP contribution in [0.5, 0.6) is 0 Å². The molecule has 1 fully saturated rings. The molecule has 0 radical (unpaired) electrons. The number of hydrogen-bond donors (Lipinski definition) is 2. The fourth-order valence-electron chi connectivity index (χ4n) is 2.11. The van der Waals surface area contributed by atoms with Gasteiger partial charge >= 0.3 is 12.0 Å². The number of carboxylic acids is 1. The van der Waals surface area contributed by atoms with Crippen LogP contribution in [0.3, 0.4) is 0 Å². The number of likely N-dealkylation sites (tertiary alicyclic amines) is 1. The van der Waals surface area contributed by atoms with Gasteiger partial charge in [-0.05, 0) is 18.8 Å². The van der Waals surface area contributed by atoms with Gasteiger partial charge < -0.3 is 20.1 Å². The molecule has 1 heterocycles. The van der Waals surface area contributed by atoms with Crippen LogP contribution in [0.4, 0.5) is 4.79 Å². The second-order valence-corrected chi connectivity index (χ2v) is 4.82. The summed E-state index contributed by atoms with van der Waals surface area (Å²) in [4.78, 5) is 24.6. The van der Waals surface area contributed by atoms with E-state index in [0.717, 1.165) is 12.8 Å². The fourth-order valence-corrected chi connectivity index (χ4v) is 2.11. The lowest BCUT2D eigenvalue weighted by Crippen LogP contribution is -2.50. The monoisotopic (exact) mass is 258 g/mol. The van der Waals surface area contributed by atoms with Crippen molar-refractivity contribution in [3.63, 3.8) is 0 Å². The molecule has 0 aromatic carbocycles. The van der Waals surface area contributed by atoms with E-state index in [-0.39, 0.29) is 12.5 Å². The van der Waals surface area contributed by atoms with Crippen molar-refractivity contribution in [2.45, 2.75) is 32.2 Å². The second-order valence-electron chi connectivity index (χ2n) is 4.82. The zero-order chi connectivity index (χ0) is 13.5. The molecule has 6 heteroatoms. The Balaban J connectivity index is 2.46. The normalized spacial score (nSPS) is 21.4. The lowest BCUT2D eigenvalue weighted by molar-refractivity contribution is -0.139. The van der Waals surface area contributed by atoms with E-state index in [0.29, 0.717) is 25.6 Å². The molecule has 1 saturated heterocycles. The number of amides is 2. The molecule has 1 rings (SSSR count). The van der Waals surface area contributed by atoms with Crippen molar-refractivity contribution in [3.05, 3.63) is 0 Å². The summed E-state index contributed by atoms with van der Waals surface area (Å²) >= 11 is 0. The Bertz CT molecular complexity index is 296. The lowest BCUT2D eigenvalue weighted by atomic mass is 10.0. The third-order valence-electron chi connectivity index (χ3n) is 3.15. The maximum Gasteiger partial charge on any atom is 0.326 e. The standard InChI is InChI=1S/C12H22N2O4/c1-9-4-3-6-14(8-9)12(17)13-10(11(15)16)5-7-18-2/h9-10H,3-8H2,1-2H3,(H,13,17)(H,15,16). The van der Waals surface area contributed by atoms with Gasteiger partial charge in [0.1, 0.15) is 6.04 Å². The molecule has 6 nitrogen and oxygen atoms in total. The van der Waals surface area contributed by atoms with Crippen molar-refractivity contribution >= 4 is 12.0 Å². The summed E-state index contributed by atoms with van der Waals surface area (Å²) in [5.41, 5.74) is 0. The highest BCUT2D eigenvalue weighted by atomic mass is 16.5. The number of carboxylic acid groups (broad SMARTS) is 1. The Kier molecular flexibility index (Phi) is 5.91. The maximum absolute atomic E-state index is 11.9. The number of rotatable bonds is 5. The topological polar surface area (TPSA) is 78.9 Å². The Morgan fingerprint density at radius 1 is 1.56 bits per heavy atom. The van der Waals surface area contributed by atoms with Crippen molar-refractivity contribution in [2.75, 3.05) is 26.8 Å². The van der Waals surface area contributed by atoms with Gasteiger partial charge in [0.25, 0.3) is 0 Å². The first-order valence-electron chi connectivity index (χ1n) is 6.31. The molecule has 0 aliphatic carbocycles. The van der Waals surface area contributed by atoms with E-state index in [1.165, 1.54) is 7.11 Å². The number of methoxy groups -OCH3 is 1. The van der Waals surface area contributed by atoms with Gasteiger partial charge in [0.05, 0.1) is 0 Å². The molecule has 0 bridgehead atoms. The molecule has 0 aromatic rings. The third-order valence-corrected chi connectivity index (χ3v) is 3.15. The average Bonchev–Trinajstić information content (AvgIpc) is 2.33. The van der Waals surface area contributed by atoms with E-state index in [2.05, 4.69) is 12.2 Å². The summed E-state index contributed by atoms with van der Waals surface area (Å²) in [7, 11) is 1.51. The number of nitrogens with zero attached hydrogens (tertiary/aromatic N) is 1. The highest BCUT2D eigenvalue weighted by Crippen LogP contribution is 2.15. The summed E-state index contributed by atoms with van der Waals surface area (Å²) in [5.74, 6) is -0.544. The largest absolute Gasteiger partial charge is 0.480 e. The van der Waals surface area contributed by atoms with Gasteiger partial charge in [0.2, 0.25) is 0 Å². The first-order chi connectivity index (χ1) is 8.54. The predicted molar refractivity (Wildman–Crippen MR) is 66.4 cm³/mol. The minimum absolute atomic E-state index is 0.279. The molecule has 104 valence electrons. The number of carbonyl (C=O) groups is 2. The average molecular weight is 258 g/mol. The molecule has 2 N–H and O–H groups in total. The predicted octanol–water partition coefficient (Wildman–Crippen LogP) is 0.918. The minimum atomic E-state index is -1.02. The van der Waals surface area contributed by atoms with Crippen molar-refractivity contribution < 1.29 is 19.4 Å². The quantitative estimate of drug-likeness (QED) is 0.768. The molecule has 1 aliphatic heterocycles. The van der Waals surface area contributed by atoms with Crippen LogP contribution in [-0.4, -0.2) is 54.9 Å². The molecule has 18 heavy (non-hydrogen) atoms. The SMILES string of the molecule is COCCC(NC(=O)N1CCCC(C)C1)C(=O)O. The van der Waals surface area contributed by atoms with Gasteiger partial charge in [-0.1, -0.05) is 6.92 Å². The summed E-state index contributed by atoms with van der Waals surface area (Å²) in [6.07, 6.45) is 2.38. The van der Waals surface area contributed by atoms with E-state index in [9.17, 15) is 9.59 Å². The Labute approximate surface area is 107 Å². The summed E-state index contributed by atoms with van der Waals surface area (Å²) in [5, 5.41) is 11.6. The first-order valence-corrected chi connectivity index (χ1v) is 6.31. The molecule has 2 unspecified atom stereocenters. The minimum Gasteiger partial charge on any atom is -0.480 e. The smallest absolute Gasteiger partial charge is 0.326 e.